The van der Waals surface area contributed by atoms with E-state index in [2.05, 4.69) is 19.2 Å². The first-order valence-corrected chi connectivity index (χ1v) is 7.73. The van der Waals surface area contributed by atoms with Crippen molar-refractivity contribution in [2.45, 2.75) is 70.4 Å². The maximum atomic E-state index is 4.84. The summed E-state index contributed by atoms with van der Waals surface area (Å²) in [4.78, 5) is 6.23. The molecule has 2 saturated carbocycles. The van der Waals surface area contributed by atoms with Gasteiger partial charge in [0.05, 0.1) is 11.2 Å². The highest BCUT2D eigenvalue weighted by Gasteiger charge is 2.40. The summed E-state index contributed by atoms with van der Waals surface area (Å²) in [6.45, 7) is 4.34. The Kier molecular flexibility index (Phi) is 2.99. The Morgan fingerprint density at radius 2 is 1.88 bits per heavy atom. The van der Waals surface area contributed by atoms with Crippen molar-refractivity contribution < 1.29 is 0 Å². The highest BCUT2D eigenvalue weighted by molar-refractivity contribution is 7.11. The molecule has 2 fully saturated rings. The van der Waals surface area contributed by atoms with Crippen LogP contribution in [0.2, 0.25) is 0 Å². The number of hydrogen-bond acceptors (Lipinski definition) is 3. The van der Waals surface area contributed by atoms with Gasteiger partial charge in [0.2, 0.25) is 0 Å². The molecule has 0 amide bonds. The van der Waals surface area contributed by atoms with Crippen LogP contribution in [-0.4, -0.2) is 11.0 Å². The van der Waals surface area contributed by atoms with Gasteiger partial charge in [0, 0.05) is 10.9 Å². The van der Waals surface area contributed by atoms with Crippen LogP contribution in [0.15, 0.2) is 0 Å². The van der Waals surface area contributed by atoms with Crippen molar-refractivity contribution in [1.82, 2.24) is 10.3 Å². The Labute approximate surface area is 108 Å². The predicted molar refractivity (Wildman–Crippen MR) is 72.5 cm³/mol. The van der Waals surface area contributed by atoms with E-state index in [1.54, 1.807) is 0 Å². The highest BCUT2D eigenvalue weighted by Crippen LogP contribution is 2.42. The molecule has 0 aliphatic heterocycles. The molecule has 2 aliphatic carbocycles. The second-order valence-corrected chi connectivity index (χ2v) is 6.93. The first kappa shape index (κ1) is 11.7. The number of aromatic nitrogens is 1. The van der Waals surface area contributed by atoms with Gasteiger partial charge in [0.15, 0.2) is 0 Å². The van der Waals surface area contributed by atoms with Gasteiger partial charge in [-0.3, -0.25) is 0 Å². The van der Waals surface area contributed by atoms with Crippen LogP contribution in [0.3, 0.4) is 0 Å². The molecule has 1 N–H and O–H groups in total. The van der Waals surface area contributed by atoms with Gasteiger partial charge < -0.3 is 5.32 Å². The third-order valence-electron chi connectivity index (χ3n) is 4.20. The number of nitrogens with zero attached hydrogens (tertiary/aromatic N) is 1. The molecule has 3 heteroatoms. The van der Waals surface area contributed by atoms with Crippen LogP contribution in [0, 0.1) is 13.8 Å². The highest BCUT2D eigenvalue weighted by atomic mass is 32.1. The average molecular weight is 250 g/mol. The van der Waals surface area contributed by atoms with Crippen LogP contribution in [-0.2, 0) is 5.54 Å². The minimum absolute atomic E-state index is 0.225. The summed E-state index contributed by atoms with van der Waals surface area (Å²) in [5, 5.41) is 5.27. The van der Waals surface area contributed by atoms with Crippen molar-refractivity contribution in [1.29, 1.82) is 0 Å². The van der Waals surface area contributed by atoms with Crippen molar-refractivity contribution in [3.05, 3.63) is 15.6 Å². The van der Waals surface area contributed by atoms with E-state index in [0.717, 1.165) is 6.04 Å². The van der Waals surface area contributed by atoms with Crippen molar-refractivity contribution in [2.75, 3.05) is 0 Å². The van der Waals surface area contributed by atoms with Gasteiger partial charge in [0.25, 0.3) is 0 Å². The smallest absolute Gasteiger partial charge is 0.113 e. The van der Waals surface area contributed by atoms with Gasteiger partial charge >= 0.3 is 0 Å². The first-order valence-electron chi connectivity index (χ1n) is 6.92. The lowest BCUT2D eigenvalue weighted by Crippen LogP contribution is -2.45. The quantitative estimate of drug-likeness (QED) is 0.885. The predicted octanol–water partition coefficient (Wildman–Crippen LogP) is 3.67. The van der Waals surface area contributed by atoms with Gasteiger partial charge in [-0.1, -0.05) is 19.3 Å². The summed E-state index contributed by atoms with van der Waals surface area (Å²) in [6, 6.07) is 0.776. The molecule has 3 rings (SSSR count). The molecule has 1 heterocycles. The van der Waals surface area contributed by atoms with E-state index in [-0.39, 0.29) is 5.54 Å². The lowest BCUT2D eigenvalue weighted by Gasteiger charge is -2.37. The average Bonchev–Trinajstić information content (AvgIpc) is 3.06. The van der Waals surface area contributed by atoms with Crippen LogP contribution in [0.5, 0.6) is 0 Å². The zero-order valence-corrected chi connectivity index (χ0v) is 11.7. The molecule has 94 valence electrons. The molecule has 1 aromatic heterocycles. The van der Waals surface area contributed by atoms with E-state index in [1.165, 1.54) is 60.5 Å². The zero-order chi connectivity index (χ0) is 11.9. The normalized spacial score (nSPS) is 23.9. The van der Waals surface area contributed by atoms with Crippen molar-refractivity contribution >= 4 is 11.3 Å². The van der Waals surface area contributed by atoms with Gasteiger partial charge in [-0.15, -0.1) is 11.3 Å². The Bertz CT molecular complexity index is 381. The van der Waals surface area contributed by atoms with Gasteiger partial charge in [-0.05, 0) is 39.5 Å². The molecular formula is C14H22N2S. The fourth-order valence-corrected chi connectivity index (χ4v) is 4.00. The summed E-state index contributed by atoms with van der Waals surface area (Å²) in [5.74, 6) is 0. The standard InChI is InChI=1S/C14H22N2S/c1-10-11(2)17-13(15-10)14(16-12-6-7-12)8-4-3-5-9-14/h12,16H,3-9H2,1-2H3. The molecule has 0 spiro atoms. The largest absolute Gasteiger partial charge is 0.303 e. The van der Waals surface area contributed by atoms with Crippen LogP contribution in [0.1, 0.15) is 60.5 Å². The van der Waals surface area contributed by atoms with Crippen LogP contribution in [0.25, 0.3) is 0 Å². The fourth-order valence-electron chi connectivity index (χ4n) is 2.87. The molecule has 0 bridgehead atoms. The number of nitrogens with one attached hydrogen (secondary N) is 1. The number of hydrogen-bond donors (Lipinski definition) is 1. The van der Waals surface area contributed by atoms with Gasteiger partial charge in [-0.25, -0.2) is 4.98 Å². The molecule has 0 unspecified atom stereocenters. The minimum Gasteiger partial charge on any atom is -0.303 e. The topological polar surface area (TPSA) is 24.9 Å². The van der Waals surface area contributed by atoms with Crippen LogP contribution in [0.4, 0.5) is 0 Å². The Hall–Kier alpha value is -0.410. The Balaban J connectivity index is 1.90. The lowest BCUT2D eigenvalue weighted by atomic mass is 9.82. The molecule has 2 nitrogen and oxygen atoms in total. The third kappa shape index (κ3) is 2.27. The summed E-state index contributed by atoms with van der Waals surface area (Å²) < 4.78 is 0. The molecule has 2 aliphatic rings. The Morgan fingerprint density at radius 3 is 2.41 bits per heavy atom. The Morgan fingerprint density at radius 1 is 1.18 bits per heavy atom. The maximum Gasteiger partial charge on any atom is 0.113 e. The summed E-state index contributed by atoms with van der Waals surface area (Å²) in [6.07, 6.45) is 9.42. The van der Waals surface area contributed by atoms with E-state index < -0.39 is 0 Å². The van der Waals surface area contributed by atoms with Crippen molar-refractivity contribution in [2.24, 2.45) is 0 Å². The SMILES string of the molecule is Cc1nc(C2(NC3CC3)CCCCC2)sc1C. The van der Waals surface area contributed by atoms with Crippen LogP contribution < -0.4 is 5.32 Å². The van der Waals surface area contributed by atoms with E-state index in [4.69, 9.17) is 4.98 Å². The summed E-state index contributed by atoms with van der Waals surface area (Å²) in [7, 11) is 0. The zero-order valence-electron chi connectivity index (χ0n) is 10.9. The van der Waals surface area contributed by atoms with E-state index in [9.17, 15) is 0 Å². The second-order valence-electron chi connectivity index (χ2n) is 5.72. The lowest BCUT2D eigenvalue weighted by molar-refractivity contribution is 0.230. The number of thiazole rings is 1. The molecule has 17 heavy (non-hydrogen) atoms. The molecule has 0 aromatic carbocycles. The van der Waals surface area contributed by atoms with Gasteiger partial charge in [-0.2, -0.15) is 0 Å². The molecule has 1 aromatic rings. The van der Waals surface area contributed by atoms with E-state index in [0.29, 0.717) is 0 Å². The summed E-state index contributed by atoms with van der Waals surface area (Å²) in [5.41, 5.74) is 1.45. The molecule has 0 saturated heterocycles. The maximum absolute atomic E-state index is 4.84. The number of rotatable bonds is 3. The molecular weight excluding hydrogens is 228 g/mol. The van der Waals surface area contributed by atoms with Gasteiger partial charge in [0.1, 0.15) is 5.01 Å². The van der Waals surface area contributed by atoms with Crippen molar-refractivity contribution in [3.63, 3.8) is 0 Å². The number of aryl methyl sites for hydroxylation is 2. The monoisotopic (exact) mass is 250 g/mol. The third-order valence-corrected chi connectivity index (χ3v) is 5.48. The second kappa shape index (κ2) is 4.36. The summed E-state index contributed by atoms with van der Waals surface area (Å²) >= 11 is 1.92. The molecule has 0 radical (unpaired) electrons. The first-order chi connectivity index (χ1) is 8.20. The van der Waals surface area contributed by atoms with Crippen LogP contribution >= 0.6 is 11.3 Å². The molecule has 0 atom stereocenters. The fraction of sp³-hybridized carbons (Fsp3) is 0.786. The van der Waals surface area contributed by atoms with E-state index in [1.807, 2.05) is 11.3 Å². The van der Waals surface area contributed by atoms with Crippen molar-refractivity contribution in [3.8, 4) is 0 Å². The minimum atomic E-state index is 0.225. The van der Waals surface area contributed by atoms with E-state index >= 15 is 0 Å².